The lowest BCUT2D eigenvalue weighted by atomic mass is 10.2. The number of anilines is 1. The van der Waals surface area contributed by atoms with E-state index in [1.54, 1.807) is 16.8 Å². The van der Waals surface area contributed by atoms with E-state index >= 15 is 0 Å². The molecule has 0 aliphatic heterocycles. The number of benzene rings is 1. The first-order chi connectivity index (χ1) is 8.15. The van der Waals surface area contributed by atoms with Gasteiger partial charge in [-0.25, -0.2) is 0 Å². The summed E-state index contributed by atoms with van der Waals surface area (Å²) < 4.78 is 1.79. The van der Waals surface area contributed by atoms with Gasteiger partial charge in [0, 0.05) is 24.8 Å². The smallest absolute Gasteiger partial charge is 0.0638 e. The minimum Gasteiger partial charge on any atom is -0.383 e. The maximum Gasteiger partial charge on any atom is 0.0638 e. The Bertz CT molecular complexity index is 508. The van der Waals surface area contributed by atoms with Gasteiger partial charge in [-0.05, 0) is 30.2 Å². The summed E-state index contributed by atoms with van der Waals surface area (Å²) in [5.74, 6) is 0. The monoisotopic (exact) mass is 269 g/mol. The molecule has 0 spiro atoms. The molecule has 2 rings (SSSR count). The van der Waals surface area contributed by atoms with Crippen molar-refractivity contribution in [1.82, 2.24) is 9.78 Å². The first-order valence-electron chi connectivity index (χ1n) is 5.31. The second kappa shape index (κ2) is 5.43. The van der Waals surface area contributed by atoms with Gasteiger partial charge in [-0.15, -0.1) is 0 Å². The zero-order chi connectivity index (χ0) is 12.3. The third-order valence-electron chi connectivity index (χ3n) is 2.42. The van der Waals surface area contributed by atoms with Crippen LogP contribution in [-0.2, 0) is 13.5 Å². The van der Waals surface area contributed by atoms with E-state index in [1.165, 1.54) is 5.56 Å². The third-order valence-corrected chi connectivity index (χ3v) is 2.98. The van der Waals surface area contributed by atoms with E-state index in [-0.39, 0.29) is 0 Å². The highest BCUT2D eigenvalue weighted by molar-refractivity contribution is 6.35. The quantitative estimate of drug-likeness (QED) is 0.923. The van der Waals surface area contributed by atoms with E-state index in [0.717, 1.165) is 18.7 Å². The van der Waals surface area contributed by atoms with Crippen molar-refractivity contribution in [2.24, 2.45) is 7.05 Å². The fourth-order valence-electron chi connectivity index (χ4n) is 1.58. The molecule has 1 heterocycles. The Kier molecular flexibility index (Phi) is 3.92. The van der Waals surface area contributed by atoms with Crippen LogP contribution in [-0.4, -0.2) is 16.3 Å². The number of hydrogen-bond donors (Lipinski definition) is 1. The molecule has 5 heteroatoms. The Balaban J connectivity index is 1.91. The van der Waals surface area contributed by atoms with Gasteiger partial charge in [-0.2, -0.15) is 5.10 Å². The zero-order valence-corrected chi connectivity index (χ0v) is 11.0. The number of halogens is 2. The van der Waals surface area contributed by atoms with Crippen molar-refractivity contribution in [3.8, 4) is 0 Å². The number of nitrogens with zero attached hydrogens (tertiary/aromatic N) is 2. The number of hydrogen-bond acceptors (Lipinski definition) is 2. The Morgan fingerprint density at radius 1 is 1.35 bits per heavy atom. The lowest BCUT2D eigenvalue weighted by Gasteiger charge is -2.07. The van der Waals surface area contributed by atoms with E-state index < -0.39 is 0 Å². The van der Waals surface area contributed by atoms with Crippen LogP contribution in [0.1, 0.15) is 5.56 Å². The van der Waals surface area contributed by atoms with Crippen molar-refractivity contribution in [1.29, 1.82) is 0 Å². The molecule has 0 aliphatic rings. The van der Waals surface area contributed by atoms with Crippen LogP contribution < -0.4 is 5.32 Å². The molecule has 0 amide bonds. The summed E-state index contributed by atoms with van der Waals surface area (Å²) in [6, 6.07) is 5.39. The van der Waals surface area contributed by atoms with Crippen molar-refractivity contribution in [2.75, 3.05) is 11.9 Å². The van der Waals surface area contributed by atoms with Crippen molar-refractivity contribution in [3.05, 3.63) is 46.2 Å². The van der Waals surface area contributed by atoms with Gasteiger partial charge >= 0.3 is 0 Å². The second-order valence-corrected chi connectivity index (χ2v) is 4.67. The van der Waals surface area contributed by atoms with Crippen LogP contribution in [0.25, 0.3) is 0 Å². The molecule has 0 saturated heterocycles. The van der Waals surface area contributed by atoms with E-state index in [1.807, 2.05) is 25.5 Å². The SMILES string of the molecule is Cn1cc(CCNc2cc(Cl)ccc2Cl)cn1. The lowest BCUT2D eigenvalue weighted by molar-refractivity contribution is 0.767. The van der Waals surface area contributed by atoms with Crippen LogP contribution in [0.4, 0.5) is 5.69 Å². The van der Waals surface area contributed by atoms with Crippen LogP contribution >= 0.6 is 23.2 Å². The first kappa shape index (κ1) is 12.3. The summed E-state index contributed by atoms with van der Waals surface area (Å²) in [5, 5.41) is 8.73. The molecule has 3 nitrogen and oxygen atoms in total. The molecule has 0 aliphatic carbocycles. The summed E-state index contributed by atoms with van der Waals surface area (Å²) in [6.45, 7) is 0.797. The van der Waals surface area contributed by atoms with Gasteiger partial charge in [-0.1, -0.05) is 23.2 Å². The van der Waals surface area contributed by atoms with E-state index in [4.69, 9.17) is 23.2 Å². The maximum absolute atomic E-state index is 6.04. The van der Waals surface area contributed by atoms with Crippen LogP contribution in [0, 0.1) is 0 Å². The molecule has 0 bridgehead atoms. The molecule has 0 unspecified atom stereocenters. The van der Waals surface area contributed by atoms with Gasteiger partial charge in [0.15, 0.2) is 0 Å². The van der Waals surface area contributed by atoms with Crippen molar-refractivity contribution >= 4 is 28.9 Å². The van der Waals surface area contributed by atoms with Gasteiger partial charge in [0.25, 0.3) is 0 Å². The number of aromatic nitrogens is 2. The van der Waals surface area contributed by atoms with Gasteiger partial charge in [0.05, 0.1) is 16.9 Å². The molecule has 0 atom stereocenters. The molecule has 0 radical (unpaired) electrons. The van der Waals surface area contributed by atoms with Gasteiger partial charge in [-0.3, -0.25) is 4.68 Å². The molecule has 1 aromatic heterocycles. The van der Waals surface area contributed by atoms with E-state index in [0.29, 0.717) is 10.0 Å². The van der Waals surface area contributed by atoms with Gasteiger partial charge in [0.2, 0.25) is 0 Å². The summed E-state index contributed by atoms with van der Waals surface area (Å²) in [6.07, 6.45) is 4.76. The Labute approximate surface area is 110 Å². The second-order valence-electron chi connectivity index (χ2n) is 3.82. The summed E-state index contributed by atoms with van der Waals surface area (Å²) in [4.78, 5) is 0. The molecular weight excluding hydrogens is 257 g/mol. The molecule has 0 fully saturated rings. The summed E-state index contributed by atoms with van der Waals surface area (Å²) in [7, 11) is 1.91. The molecule has 90 valence electrons. The predicted molar refractivity (Wildman–Crippen MR) is 71.9 cm³/mol. The molecule has 17 heavy (non-hydrogen) atoms. The van der Waals surface area contributed by atoms with Crippen molar-refractivity contribution < 1.29 is 0 Å². The molecule has 1 N–H and O–H groups in total. The number of aryl methyl sites for hydroxylation is 1. The Hall–Kier alpha value is -1.19. The fourth-order valence-corrected chi connectivity index (χ4v) is 1.93. The fraction of sp³-hybridized carbons (Fsp3) is 0.250. The highest BCUT2D eigenvalue weighted by Crippen LogP contribution is 2.25. The van der Waals surface area contributed by atoms with Gasteiger partial charge < -0.3 is 5.32 Å². The van der Waals surface area contributed by atoms with E-state index in [2.05, 4.69) is 10.4 Å². The molecular formula is C12H13Cl2N3. The summed E-state index contributed by atoms with van der Waals surface area (Å²) in [5.41, 5.74) is 2.06. The lowest BCUT2D eigenvalue weighted by Crippen LogP contribution is -2.04. The normalized spacial score (nSPS) is 10.5. The third kappa shape index (κ3) is 3.38. The van der Waals surface area contributed by atoms with Crippen molar-refractivity contribution in [2.45, 2.75) is 6.42 Å². The number of rotatable bonds is 4. The molecule has 0 saturated carbocycles. The minimum atomic E-state index is 0.679. The zero-order valence-electron chi connectivity index (χ0n) is 9.45. The standard InChI is InChI=1S/C12H13Cl2N3/c1-17-8-9(7-16-17)4-5-15-12-6-10(13)2-3-11(12)14/h2-3,6-8,15H,4-5H2,1H3. The topological polar surface area (TPSA) is 29.9 Å². The van der Waals surface area contributed by atoms with Crippen LogP contribution in [0.2, 0.25) is 10.0 Å². The predicted octanol–water partition coefficient (Wildman–Crippen LogP) is 3.38. The highest BCUT2D eigenvalue weighted by Gasteiger charge is 2.01. The average molecular weight is 270 g/mol. The Morgan fingerprint density at radius 3 is 2.88 bits per heavy atom. The van der Waals surface area contributed by atoms with E-state index in [9.17, 15) is 0 Å². The average Bonchev–Trinajstić information content (AvgIpc) is 2.69. The minimum absolute atomic E-state index is 0.679. The van der Waals surface area contributed by atoms with Crippen LogP contribution in [0.3, 0.4) is 0 Å². The highest BCUT2D eigenvalue weighted by atomic mass is 35.5. The molecule has 1 aromatic carbocycles. The first-order valence-corrected chi connectivity index (χ1v) is 6.07. The largest absolute Gasteiger partial charge is 0.383 e. The Morgan fingerprint density at radius 2 is 2.18 bits per heavy atom. The number of nitrogens with one attached hydrogen (secondary N) is 1. The van der Waals surface area contributed by atoms with Crippen molar-refractivity contribution in [3.63, 3.8) is 0 Å². The molecule has 2 aromatic rings. The van der Waals surface area contributed by atoms with Gasteiger partial charge in [0.1, 0.15) is 0 Å². The summed E-state index contributed by atoms with van der Waals surface area (Å²) >= 11 is 11.9. The van der Waals surface area contributed by atoms with Crippen LogP contribution in [0.5, 0.6) is 0 Å². The maximum atomic E-state index is 6.04. The van der Waals surface area contributed by atoms with Crippen LogP contribution in [0.15, 0.2) is 30.6 Å².